The maximum Gasteiger partial charge on any atom is 0.255 e. The fraction of sp³-hybridized carbons (Fsp3) is 0.688. The van der Waals surface area contributed by atoms with Gasteiger partial charge in [0.2, 0.25) is 10.0 Å². The van der Waals surface area contributed by atoms with Gasteiger partial charge >= 0.3 is 0 Å². The summed E-state index contributed by atoms with van der Waals surface area (Å²) in [6.07, 6.45) is 6.76. The average Bonchev–Trinajstić information content (AvgIpc) is 3.07. The summed E-state index contributed by atoms with van der Waals surface area (Å²) in [6.45, 7) is 2.55. The zero-order chi connectivity index (χ0) is 17.2. The van der Waals surface area contributed by atoms with E-state index in [9.17, 15) is 13.2 Å². The Morgan fingerprint density at radius 1 is 1.25 bits per heavy atom. The first-order valence-corrected chi connectivity index (χ1v) is 10.1. The van der Waals surface area contributed by atoms with Crippen molar-refractivity contribution in [1.82, 2.24) is 19.8 Å². The average molecular weight is 352 g/mol. The summed E-state index contributed by atoms with van der Waals surface area (Å²) >= 11 is 0. The van der Waals surface area contributed by atoms with Crippen molar-refractivity contribution in [3.05, 3.63) is 23.5 Å². The summed E-state index contributed by atoms with van der Waals surface area (Å²) in [6, 6.07) is 1.70. The number of likely N-dealkylation sites (tertiary alicyclic amines) is 1. The molecule has 3 rings (SSSR count). The van der Waals surface area contributed by atoms with Gasteiger partial charge in [-0.2, -0.15) is 10.2 Å². The molecule has 7 nitrogen and oxygen atoms in total. The summed E-state index contributed by atoms with van der Waals surface area (Å²) in [7, 11) is -3.40. The van der Waals surface area contributed by atoms with Crippen molar-refractivity contribution >= 4 is 15.9 Å². The standard InChI is InChI=1S/C16H24N4O3S/c1-12-15(8-9-17-18-12)16(21)20-10-4-7-14(11-20)24(22,23)19-13-5-2-3-6-13/h8-9,13-14,19H,2-7,10-11H2,1H3. The van der Waals surface area contributed by atoms with Gasteiger partial charge in [0.1, 0.15) is 0 Å². The van der Waals surface area contributed by atoms with Crippen LogP contribution in [0, 0.1) is 6.92 Å². The topological polar surface area (TPSA) is 92.3 Å². The summed E-state index contributed by atoms with van der Waals surface area (Å²) < 4.78 is 28.1. The van der Waals surface area contributed by atoms with Crippen LogP contribution in [0.1, 0.15) is 54.6 Å². The Balaban J connectivity index is 1.69. The number of rotatable bonds is 4. The van der Waals surface area contributed by atoms with Gasteiger partial charge in [0.15, 0.2) is 0 Å². The molecule has 8 heteroatoms. The van der Waals surface area contributed by atoms with E-state index in [1.54, 1.807) is 17.9 Å². The van der Waals surface area contributed by atoms with Gasteiger partial charge in [-0.1, -0.05) is 12.8 Å². The summed E-state index contributed by atoms with van der Waals surface area (Å²) in [4.78, 5) is 14.3. The molecule has 1 aliphatic heterocycles. The number of hydrogen-bond donors (Lipinski definition) is 1. The van der Waals surface area contributed by atoms with E-state index >= 15 is 0 Å². The number of amides is 1. The van der Waals surface area contributed by atoms with Crippen molar-refractivity contribution in [2.24, 2.45) is 0 Å². The van der Waals surface area contributed by atoms with Gasteiger partial charge in [-0.25, -0.2) is 13.1 Å². The first kappa shape index (κ1) is 17.3. The third-order valence-electron chi connectivity index (χ3n) is 4.93. The maximum atomic E-state index is 12.7. The molecule has 2 aliphatic rings. The number of carbonyl (C=O) groups is 1. The second-order valence-electron chi connectivity index (χ2n) is 6.69. The molecule has 0 bridgehead atoms. The second kappa shape index (κ2) is 7.14. The van der Waals surface area contributed by atoms with Crippen molar-refractivity contribution in [3.63, 3.8) is 0 Å². The predicted molar refractivity (Wildman–Crippen MR) is 90.0 cm³/mol. The number of nitrogens with zero attached hydrogens (tertiary/aromatic N) is 3. The Labute approximate surface area is 142 Å². The van der Waals surface area contributed by atoms with Crippen molar-refractivity contribution in [1.29, 1.82) is 0 Å². The zero-order valence-corrected chi connectivity index (χ0v) is 14.8. The van der Waals surface area contributed by atoms with Crippen molar-refractivity contribution < 1.29 is 13.2 Å². The van der Waals surface area contributed by atoms with Crippen LogP contribution in [-0.4, -0.2) is 53.8 Å². The molecule has 1 N–H and O–H groups in total. The Morgan fingerprint density at radius 3 is 2.71 bits per heavy atom. The summed E-state index contributed by atoms with van der Waals surface area (Å²) in [5.41, 5.74) is 1.06. The number of hydrogen-bond acceptors (Lipinski definition) is 5. The van der Waals surface area contributed by atoms with Gasteiger partial charge in [0.25, 0.3) is 5.91 Å². The molecule has 1 unspecified atom stereocenters. The van der Waals surface area contributed by atoms with E-state index in [1.807, 2.05) is 0 Å². The van der Waals surface area contributed by atoms with Crippen molar-refractivity contribution in [3.8, 4) is 0 Å². The highest BCUT2D eigenvalue weighted by atomic mass is 32.2. The third-order valence-corrected chi connectivity index (χ3v) is 6.85. The van der Waals surface area contributed by atoms with Gasteiger partial charge < -0.3 is 4.90 Å². The Morgan fingerprint density at radius 2 is 2.00 bits per heavy atom. The van der Waals surface area contributed by atoms with Gasteiger partial charge in [-0.3, -0.25) is 4.79 Å². The van der Waals surface area contributed by atoms with Gasteiger partial charge in [-0.15, -0.1) is 0 Å². The van der Waals surface area contributed by atoms with Gasteiger partial charge in [0.05, 0.1) is 22.7 Å². The lowest BCUT2D eigenvalue weighted by Crippen LogP contribution is -2.50. The van der Waals surface area contributed by atoms with E-state index in [0.717, 1.165) is 25.7 Å². The maximum absolute atomic E-state index is 12.7. The Kier molecular flexibility index (Phi) is 5.15. The number of aromatic nitrogens is 2. The fourth-order valence-corrected chi connectivity index (χ4v) is 5.29. The third kappa shape index (κ3) is 3.75. The van der Waals surface area contributed by atoms with Gasteiger partial charge in [0, 0.05) is 19.1 Å². The zero-order valence-electron chi connectivity index (χ0n) is 13.9. The van der Waals surface area contributed by atoms with Gasteiger partial charge in [-0.05, 0) is 38.7 Å². The normalized spacial score (nSPS) is 22.7. The van der Waals surface area contributed by atoms with E-state index in [2.05, 4.69) is 14.9 Å². The van der Waals surface area contributed by atoms with E-state index in [0.29, 0.717) is 30.6 Å². The number of sulfonamides is 1. The molecule has 0 radical (unpaired) electrons. The van der Waals surface area contributed by atoms with Crippen LogP contribution in [0.3, 0.4) is 0 Å². The summed E-state index contributed by atoms with van der Waals surface area (Å²) in [5.74, 6) is -0.164. The van der Waals surface area contributed by atoms with Crippen LogP contribution in [0.15, 0.2) is 12.3 Å². The molecule has 0 spiro atoms. The molecule has 1 saturated carbocycles. The first-order chi connectivity index (χ1) is 11.5. The molecule has 1 saturated heterocycles. The smallest absolute Gasteiger partial charge is 0.255 e. The lowest BCUT2D eigenvalue weighted by atomic mass is 10.1. The van der Waals surface area contributed by atoms with Crippen molar-refractivity contribution in [2.75, 3.05) is 13.1 Å². The van der Waals surface area contributed by atoms with E-state index in [-0.39, 0.29) is 18.5 Å². The minimum atomic E-state index is -3.40. The molecular weight excluding hydrogens is 328 g/mol. The van der Waals surface area contributed by atoms with Crippen LogP contribution in [-0.2, 0) is 10.0 Å². The number of carbonyl (C=O) groups excluding carboxylic acids is 1. The molecule has 1 amide bonds. The molecule has 24 heavy (non-hydrogen) atoms. The minimum absolute atomic E-state index is 0.0627. The monoisotopic (exact) mass is 352 g/mol. The molecule has 1 atom stereocenters. The molecule has 1 aromatic heterocycles. The SMILES string of the molecule is Cc1nnccc1C(=O)N1CCCC(S(=O)(=O)NC2CCCC2)C1. The molecular formula is C16H24N4O3S. The largest absolute Gasteiger partial charge is 0.337 e. The van der Waals surface area contributed by atoms with E-state index in [4.69, 9.17) is 0 Å². The highest BCUT2D eigenvalue weighted by molar-refractivity contribution is 7.90. The van der Waals surface area contributed by atoms with E-state index in [1.165, 1.54) is 6.20 Å². The minimum Gasteiger partial charge on any atom is -0.337 e. The Hall–Kier alpha value is -1.54. The number of nitrogens with one attached hydrogen (secondary N) is 1. The molecule has 0 aromatic carbocycles. The van der Waals surface area contributed by atoms with Crippen LogP contribution in [0.5, 0.6) is 0 Å². The quantitative estimate of drug-likeness (QED) is 0.880. The highest BCUT2D eigenvalue weighted by Crippen LogP contribution is 2.23. The fourth-order valence-electron chi connectivity index (χ4n) is 3.55. The van der Waals surface area contributed by atoms with E-state index < -0.39 is 15.3 Å². The highest BCUT2D eigenvalue weighted by Gasteiger charge is 2.35. The Bertz CT molecular complexity index is 701. The predicted octanol–water partition coefficient (Wildman–Crippen LogP) is 1.25. The van der Waals surface area contributed by atoms with Crippen LogP contribution < -0.4 is 4.72 Å². The molecule has 1 aromatic rings. The molecule has 2 fully saturated rings. The van der Waals surface area contributed by atoms with Crippen LogP contribution in [0.2, 0.25) is 0 Å². The molecule has 2 heterocycles. The van der Waals surface area contributed by atoms with Crippen LogP contribution >= 0.6 is 0 Å². The lowest BCUT2D eigenvalue weighted by Gasteiger charge is -2.33. The number of piperidine rings is 1. The van der Waals surface area contributed by atoms with Crippen LogP contribution in [0.25, 0.3) is 0 Å². The number of aryl methyl sites for hydroxylation is 1. The summed E-state index contributed by atoms with van der Waals surface area (Å²) in [5, 5.41) is 7.12. The first-order valence-electron chi connectivity index (χ1n) is 8.56. The van der Waals surface area contributed by atoms with Crippen LogP contribution in [0.4, 0.5) is 0 Å². The second-order valence-corrected chi connectivity index (χ2v) is 8.68. The molecule has 1 aliphatic carbocycles. The lowest BCUT2D eigenvalue weighted by molar-refractivity contribution is 0.0725. The van der Waals surface area contributed by atoms with Crippen molar-refractivity contribution in [2.45, 2.75) is 56.7 Å². The molecule has 132 valence electrons.